The zero-order chi connectivity index (χ0) is 17.6. The fraction of sp³-hybridized carbons (Fsp3) is 0.316. The van der Waals surface area contributed by atoms with Crippen LogP contribution in [0.5, 0.6) is 5.75 Å². The maximum atomic E-state index is 12.4. The first kappa shape index (κ1) is 17.0. The molecule has 1 aromatic heterocycles. The van der Waals surface area contributed by atoms with Crippen molar-refractivity contribution in [3.63, 3.8) is 0 Å². The Morgan fingerprint density at radius 3 is 2.96 bits per heavy atom. The summed E-state index contributed by atoms with van der Waals surface area (Å²) in [5.74, 6) is 0.600. The molecule has 0 unspecified atom stereocenters. The van der Waals surface area contributed by atoms with Crippen LogP contribution in [0, 0.1) is 0 Å². The molecular formula is C19H21N3O3. The third-order valence-corrected chi connectivity index (χ3v) is 4.17. The van der Waals surface area contributed by atoms with Crippen molar-refractivity contribution in [2.24, 2.45) is 0 Å². The molecule has 3 rings (SSSR count). The minimum absolute atomic E-state index is 0.0146. The number of aryl methyl sites for hydroxylation is 1. The maximum absolute atomic E-state index is 12.4. The van der Waals surface area contributed by atoms with Gasteiger partial charge >= 0.3 is 0 Å². The quantitative estimate of drug-likeness (QED) is 0.877. The SMILES string of the molecule is CCN(Cc1cccnc1)C(=O)COc1ccc2c(c1)CCC(=O)N2. The number of amides is 2. The first-order valence-electron chi connectivity index (χ1n) is 8.38. The topological polar surface area (TPSA) is 71.5 Å². The Bertz CT molecular complexity index is 762. The molecule has 0 radical (unpaired) electrons. The van der Waals surface area contributed by atoms with Gasteiger partial charge in [-0.15, -0.1) is 0 Å². The number of fused-ring (bicyclic) bond motifs is 1. The Labute approximate surface area is 146 Å². The van der Waals surface area contributed by atoms with Gasteiger partial charge in [0.25, 0.3) is 5.91 Å². The van der Waals surface area contributed by atoms with E-state index in [4.69, 9.17) is 4.74 Å². The largest absolute Gasteiger partial charge is 0.484 e. The summed E-state index contributed by atoms with van der Waals surface area (Å²) >= 11 is 0. The highest BCUT2D eigenvalue weighted by Gasteiger charge is 2.16. The highest BCUT2D eigenvalue weighted by Crippen LogP contribution is 2.26. The van der Waals surface area contributed by atoms with Crippen LogP contribution in [0.3, 0.4) is 0 Å². The number of pyridine rings is 1. The molecule has 1 aromatic carbocycles. The molecule has 1 aliphatic rings. The van der Waals surface area contributed by atoms with E-state index in [1.54, 1.807) is 23.4 Å². The highest BCUT2D eigenvalue weighted by atomic mass is 16.5. The van der Waals surface area contributed by atoms with Gasteiger partial charge < -0.3 is 15.0 Å². The molecule has 0 atom stereocenters. The van der Waals surface area contributed by atoms with Crippen molar-refractivity contribution in [2.45, 2.75) is 26.3 Å². The van der Waals surface area contributed by atoms with Crippen molar-refractivity contribution in [1.29, 1.82) is 0 Å². The Hall–Kier alpha value is -2.89. The summed E-state index contributed by atoms with van der Waals surface area (Å²) in [5, 5.41) is 2.83. The summed E-state index contributed by atoms with van der Waals surface area (Å²) in [6, 6.07) is 9.28. The summed E-state index contributed by atoms with van der Waals surface area (Å²) < 4.78 is 5.66. The van der Waals surface area contributed by atoms with Gasteiger partial charge in [-0.05, 0) is 48.7 Å². The zero-order valence-corrected chi connectivity index (χ0v) is 14.2. The van der Waals surface area contributed by atoms with E-state index in [1.165, 1.54) is 0 Å². The van der Waals surface area contributed by atoms with E-state index in [2.05, 4.69) is 10.3 Å². The molecule has 6 heteroatoms. The van der Waals surface area contributed by atoms with Crippen LogP contribution in [-0.2, 0) is 22.6 Å². The van der Waals surface area contributed by atoms with Crippen molar-refractivity contribution in [3.8, 4) is 5.75 Å². The number of anilines is 1. The molecular weight excluding hydrogens is 318 g/mol. The molecule has 2 aromatic rings. The van der Waals surface area contributed by atoms with Crippen LogP contribution in [0.4, 0.5) is 5.69 Å². The Morgan fingerprint density at radius 1 is 1.32 bits per heavy atom. The standard InChI is InChI=1S/C19H21N3O3/c1-2-22(12-14-4-3-9-20-11-14)19(24)13-25-16-6-7-17-15(10-16)5-8-18(23)21-17/h3-4,6-7,9-11H,2,5,8,12-13H2,1H3,(H,21,23). The maximum Gasteiger partial charge on any atom is 0.260 e. The summed E-state index contributed by atoms with van der Waals surface area (Å²) in [7, 11) is 0. The van der Waals surface area contributed by atoms with Crippen molar-refractivity contribution in [2.75, 3.05) is 18.5 Å². The molecule has 0 fully saturated rings. The number of nitrogens with zero attached hydrogens (tertiary/aromatic N) is 2. The summed E-state index contributed by atoms with van der Waals surface area (Å²) in [6.07, 6.45) is 4.64. The number of likely N-dealkylation sites (N-methyl/N-ethyl adjacent to an activating group) is 1. The number of benzene rings is 1. The van der Waals surface area contributed by atoms with E-state index >= 15 is 0 Å². The van der Waals surface area contributed by atoms with Gasteiger partial charge in [0.1, 0.15) is 5.75 Å². The molecule has 0 spiro atoms. The Morgan fingerprint density at radius 2 is 2.20 bits per heavy atom. The van der Waals surface area contributed by atoms with Gasteiger partial charge in [-0.1, -0.05) is 6.07 Å². The van der Waals surface area contributed by atoms with E-state index in [0.29, 0.717) is 31.7 Å². The first-order valence-corrected chi connectivity index (χ1v) is 8.38. The summed E-state index contributed by atoms with van der Waals surface area (Å²) in [6.45, 7) is 3.05. The van der Waals surface area contributed by atoms with Crippen molar-refractivity contribution in [1.82, 2.24) is 9.88 Å². The molecule has 0 saturated heterocycles. The van der Waals surface area contributed by atoms with Gasteiger partial charge in [0.2, 0.25) is 5.91 Å². The second kappa shape index (κ2) is 7.79. The number of hydrogen-bond donors (Lipinski definition) is 1. The lowest BCUT2D eigenvalue weighted by atomic mass is 10.0. The van der Waals surface area contributed by atoms with Crippen LogP contribution < -0.4 is 10.1 Å². The van der Waals surface area contributed by atoms with Crippen LogP contribution in [0.25, 0.3) is 0 Å². The van der Waals surface area contributed by atoms with Gasteiger partial charge in [0, 0.05) is 37.6 Å². The van der Waals surface area contributed by atoms with Crippen LogP contribution in [0.1, 0.15) is 24.5 Å². The number of aromatic nitrogens is 1. The third-order valence-electron chi connectivity index (χ3n) is 4.17. The summed E-state index contributed by atoms with van der Waals surface area (Å²) in [5.41, 5.74) is 2.84. The van der Waals surface area contributed by atoms with Gasteiger partial charge in [0.15, 0.2) is 6.61 Å². The minimum atomic E-state index is -0.0719. The normalized spacial score (nSPS) is 12.9. The molecule has 130 valence electrons. The van der Waals surface area contributed by atoms with Crippen LogP contribution in [0.2, 0.25) is 0 Å². The van der Waals surface area contributed by atoms with Crippen molar-refractivity contribution >= 4 is 17.5 Å². The monoisotopic (exact) mass is 339 g/mol. The summed E-state index contributed by atoms with van der Waals surface area (Å²) in [4.78, 5) is 29.6. The average molecular weight is 339 g/mol. The Balaban J connectivity index is 1.58. The number of rotatable bonds is 6. The molecule has 0 bridgehead atoms. The van der Waals surface area contributed by atoms with Gasteiger partial charge in [-0.3, -0.25) is 14.6 Å². The minimum Gasteiger partial charge on any atom is -0.484 e. The second-order valence-corrected chi connectivity index (χ2v) is 5.92. The van der Waals surface area contributed by atoms with Crippen molar-refractivity contribution < 1.29 is 14.3 Å². The predicted molar refractivity (Wildman–Crippen MR) is 94.2 cm³/mol. The third kappa shape index (κ3) is 4.35. The van der Waals surface area contributed by atoms with E-state index < -0.39 is 0 Å². The number of ether oxygens (including phenoxy) is 1. The number of hydrogen-bond acceptors (Lipinski definition) is 4. The van der Waals surface area contributed by atoms with Crippen LogP contribution >= 0.6 is 0 Å². The van der Waals surface area contributed by atoms with E-state index in [0.717, 1.165) is 16.8 Å². The molecule has 1 aliphatic heterocycles. The van der Waals surface area contributed by atoms with Crippen molar-refractivity contribution in [3.05, 3.63) is 53.9 Å². The molecule has 0 saturated carbocycles. The number of carbonyl (C=O) groups is 2. The van der Waals surface area contributed by atoms with E-state index in [-0.39, 0.29) is 18.4 Å². The smallest absolute Gasteiger partial charge is 0.260 e. The van der Waals surface area contributed by atoms with Gasteiger partial charge in [-0.25, -0.2) is 0 Å². The highest BCUT2D eigenvalue weighted by molar-refractivity contribution is 5.94. The Kier molecular flexibility index (Phi) is 5.28. The molecule has 6 nitrogen and oxygen atoms in total. The number of carbonyl (C=O) groups excluding carboxylic acids is 2. The lowest BCUT2D eigenvalue weighted by Crippen LogP contribution is -2.34. The second-order valence-electron chi connectivity index (χ2n) is 5.92. The molecule has 25 heavy (non-hydrogen) atoms. The van der Waals surface area contributed by atoms with Gasteiger partial charge in [0.05, 0.1) is 0 Å². The predicted octanol–water partition coefficient (Wildman–Crippen LogP) is 2.39. The van der Waals surface area contributed by atoms with Crippen LogP contribution in [0.15, 0.2) is 42.7 Å². The zero-order valence-electron chi connectivity index (χ0n) is 14.2. The molecule has 1 N–H and O–H groups in total. The fourth-order valence-electron chi connectivity index (χ4n) is 2.77. The van der Waals surface area contributed by atoms with Gasteiger partial charge in [-0.2, -0.15) is 0 Å². The lowest BCUT2D eigenvalue weighted by Gasteiger charge is -2.21. The van der Waals surface area contributed by atoms with Crippen LogP contribution in [-0.4, -0.2) is 34.8 Å². The lowest BCUT2D eigenvalue weighted by molar-refractivity contribution is -0.133. The number of nitrogens with one attached hydrogen (secondary N) is 1. The van der Waals surface area contributed by atoms with E-state index in [9.17, 15) is 9.59 Å². The van der Waals surface area contributed by atoms with E-state index in [1.807, 2.05) is 31.2 Å². The molecule has 2 amide bonds. The molecule has 2 heterocycles. The first-order chi connectivity index (χ1) is 12.2. The molecule has 0 aliphatic carbocycles. The average Bonchev–Trinajstić information content (AvgIpc) is 2.65. The fourth-order valence-corrected chi connectivity index (χ4v) is 2.77.